The minimum atomic E-state index is -0.852. The van der Waals surface area contributed by atoms with E-state index in [0.29, 0.717) is 46.5 Å². The van der Waals surface area contributed by atoms with Crippen molar-refractivity contribution in [1.29, 1.82) is 0 Å². The number of rotatable bonds is 6. The van der Waals surface area contributed by atoms with Crippen LogP contribution in [0.5, 0.6) is 0 Å². The lowest BCUT2D eigenvalue weighted by Crippen LogP contribution is -2.61. The number of aryl methyl sites for hydroxylation is 1. The number of aliphatic hydroxyl groups excluding tert-OH is 2. The maximum absolute atomic E-state index is 11.7. The Bertz CT molecular complexity index is 959. The van der Waals surface area contributed by atoms with E-state index in [1.54, 1.807) is 6.07 Å². The molecular weight excluding hydrogens is 448 g/mol. The van der Waals surface area contributed by atoms with Crippen molar-refractivity contribution in [3.05, 3.63) is 35.4 Å². The summed E-state index contributed by atoms with van der Waals surface area (Å²) in [6.07, 6.45) is 10.7. The topological polar surface area (TPSA) is 77.8 Å². The summed E-state index contributed by atoms with van der Waals surface area (Å²) >= 11 is 0. The van der Waals surface area contributed by atoms with Gasteiger partial charge in [0.2, 0.25) is 0 Å². The standard InChI is InChI=1S/C32H48O4/c1-19(7-5-8-21-9-6-10-22(17-21)30(35)36)24-11-12-25-28-26(14-16-31(24,25)3)32(4)15-13-23(33)18-27(32)20(2)29(28)34/h6,9-10,17,19-20,23-29,33-34H,5,7-8,11-16,18H2,1-4H3,(H,35,36)/t19-,20-,23-,24-,25?,26?,27?,28?,29-,31?,32?/m1/s1. The van der Waals surface area contributed by atoms with Crippen LogP contribution >= 0.6 is 0 Å². The maximum atomic E-state index is 11.7. The van der Waals surface area contributed by atoms with Crippen LogP contribution in [0.4, 0.5) is 0 Å². The van der Waals surface area contributed by atoms with E-state index in [1.165, 1.54) is 32.1 Å². The molecular formula is C32H48O4. The number of carbonyl (C=O) groups is 1. The van der Waals surface area contributed by atoms with Crippen LogP contribution in [0.15, 0.2) is 24.3 Å². The van der Waals surface area contributed by atoms with E-state index in [1.807, 2.05) is 12.1 Å². The highest BCUT2D eigenvalue weighted by Crippen LogP contribution is 2.69. The van der Waals surface area contributed by atoms with Crippen molar-refractivity contribution < 1.29 is 20.1 Å². The van der Waals surface area contributed by atoms with E-state index >= 15 is 0 Å². The predicted octanol–water partition coefficient (Wildman–Crippen LogP) is 6.58. The molecule has 0 heterocycles. The quantitative estimate of drug-likeness (QED) is 0.416. The normalized spacial score (nSPS) is 44.8. The van der Waals surface area contributed by atoms with Gasteiger partial charge >= 0.3 is 5.97 Å². The van der Waals surface area contributed by atoms with Crippen LogP contribution in [0.1, 0.15) is 101 Å². The molecule has 0 saturated heterocycles. The van der Waals surface area contributed by atoms with Crippen molar-refractivity contribution in [2.75, 3.05) is 0 Å². The average molecular weight is 497 g/mol. The SMILES string of the molecule is C[C@H](CCCc1cccc(C(=O)O)c1)[C@H]1CCC2C3C(CCC21C)C1(C)CC[C@@H](O)CC1[C@@H](C)[C@H]3O. The molecule has 4 nitrogen and oxygen atoms in total. The molecule has 0 aromatic heterocycles. The number of carboxylic acids is 1. The molecule has 6 unspecified atom stereocenters. The zero-order valence-corrected chi connectivity index (χ0v) is 22.8. The summed E-state index contributed by atoms with van der Waals surface area (Å²) in [4.78, 5) is 11.3. The van der Waals surface area contributed by atoms with Gasteiger partial charge in [-0.25, -0.2) is 4.79 Å². The number of carboxylic acid groups (broad SMARTS) is 1. The largest absolute Gasteiger partial charge is 0.478 e. The molecule has 0 aliphatic heterocycles. The average Bonchev–Trinajstić information content (AvgIpc) is 3.20. The van der Waals surface area contributed by atoms with Crippen molar-refractivity contribution in [1.82, 2.24) is 0 Å². The molecule has 36 heavy (non-hydrogen) atoms. The zero-order valence-electron chi connectivity index (χ0n) is 22.8. The molecule has 1 aromatic carbocycles. The first kappa shape index (κ1) is 26.2. The predicted molar refractivity (Wildman–Crippen MR) is 143 cm³/mol. The molecule has 4 saturated carbocycles. The molecule has 4 aliphatic carbocycles. The molecule has 4 fully saturated rings. The van der Waals surface area contributed by atoms with Crippen LogP contribution < -0.4 is 0 Å². The van der Waals surface area contributed by atoms with Gasteiger partial charge in [0.15, 0.2) is 0 Å². The Labute approximate surface area is 217 Å². The third-order valence-corrected chi connectivity index (χ3v) is 12.2. The number of fused-ring (bicyclic) bond motifs is 5. The highest BCUT2D eigenvalue weighted by atomic mass is 16.4. The summed E-state index contributed by atoms with van der Waals surface area (Å²) in [5, 5.41) is 31.4. The smallest absolute Gasteiger partial charge is 0.335 e. The first-order valence-corrected chi connectivity index (χ1v) is 14.7. The Morgan fingerprint density at radius 1 is 1.03 bits per heavy atom. The lowest BCUT2D eigenvalue weighted by atomic mass is 9.42. The lowest BCUT2D eigenvalue weighted by molar-refractivity contribution is -0.199. The van der Waals surface area contributed by atoms with E-state index in [4.69, 9.17) is 0 Å². The Kier molecular flexibility index (Phi) is 7.09. The molecule has 3 N–H and O–H groups in total. The number of benzene rings is 1. The van der Waals surface area contributed by atoms with Gasteiger partial charge in [-0.2, -0.15) is 0 Å². The fourth-order valence-electron chi connectivity index (χ4n) is 10.3. The van der Waals surface area contributed by atoms with Gasteiger partial charge in [-0.3, -0.25) is 0 Å². The van der Waals surface area contributed by atoms with Crippen molar-refractivity contribution >= 4 is 5.97 Å². The van der Waals surface area contributed by atoms with Crippen LogP contribution in [0, 0.1) is 52.3 Å². The van der Waals surface area contributed by atoms with Gasteiger partial charge in [0.05, 0.1) is 17.8 Å². The minimum Gasteiger partial charge on any atom is -0.478 e. The third-order valence-electron chi connectivity index (χ3n) is 12.2. The number of hydrogen-bond donors (Lipinski definition) is 3. The molecule has 1 aromatic rings. The Balaban J connectivity index is 1.27. The van der Waals surface area contributed by atoms with Gasteiger partial charge in [-0.05, 0) is 128 Å². The number of aromatic carboxylic acids is 1. The Hall–Kier alpha value is -1.39. The number of hydrogen-bond acceptors (Lipinski definition) is 3. The van der Waals surface area contributed by atoms with Crippen LogP contribution in [-0.4, -0.2) is 33.5 Å². The van der Waals surface area contributed by atoms with Crippen LogP contribution in [-0.2, 0) is 6.42 Å². The van der Waals surface area contributed by atoms with E-state index in [2.05, 4.69) is 33.8 Å². The summed E-state index contributed by atoms with van der Waals surface area (Å²) in [6.45, 7) is 9.76. The fourth-order valence-corrected chi connectivity index (χ4v) is 10.3. The Morgan fingerprint density at radius 3 is 2.50 bits per heavy atom. The maximum Gasteiger partial charge on any atom is 0.335 e. The summed E-state index contributed by atoms with van der Waals surface area (Å²) < 4.78 is 0. The van der Waals surface area contributed by atoms with Gasteiger partial charge in [-0.1, -0.05) is 46.2 Å². The summed E-state index contributed by atoms with van der Waals surface area (Å²) in [5.41, 5.74) is 2.07. The summed E-state index contributed by atoms with van der Waals surface area (Å²) in [5.74, 6) is 2.82. The highest BCUT2D eigenvalue weighted by molar-refractivity contribution is 5.87. The number of aliphatic hydroxyl groups is 2. The molecule has 0 bridgehead atoms. The van der Waals surface area contributed by atoms with Crippen molar-refractivity contribution in [2.45, 2.75) is 104 Å². The molecule has 0 amide bonds. The van der Waals surface area contributed by atoms with Gasteiger partial charge in [0.25, 0.3) is 0 Å². The second-order valence-electron chi connectivity index (χ2n) is 13.8. The second-order valence-corrected chi connectivity index (χ2v) is 13.8. The first-order chi connectivity index (χ1) is 17.1. The van der Waals surface area contributed by atoms with Crippen molar-refractivity contribution in [3.8, 4) is 0 Å². The van der Waals surface area contributed by atoms with E-state index in [0.717, 1.165) is 37.7 Å². The molecule has 11 atom stereocenters. The van der Waals surface area contributed by atoms with Gasteiger partial charge in [0.1, 0.15) is 0 Å². The van der Waals surface area contributed by atoms with Gasteiger partial charge in [0, 0.05) is 0 Å². The molecule has 0 radical (unpaired) electrons. The third kappa shape index (κ3) is 4.25. The van der Waals surface area contributed by atoms with Gasteiger partial charge in [-0.15, -0.1) is 0 Å². The van der Waals surface area contributed by atoms with Crippen LogP contribution in [0.3, 0.4) is 0 Å². The monoisotopic (exact) mass is 496 g/mol. The Morgan fingerprint density at radius 2 is 1.75 bits per heavy atom. The van der Waals surface area contributed by atoms with Crippen LogP contribution in [0.25, 0.3) is 0 Å². The van der Waals surface area contributed by atoms with Crippen LogP contribution in [0.2, 0.25) is 0 Å². The minimum absolute atomic E-state index is 0.188. The summed E-state index contributed by atoms with van der Waals surface area (Å²) in [6, 6.07) is 7.40. The first-order valence-electron chi connectivity index (χ1n) is 14.7. The molecule has 4 aliphatic rings. The van der Waals surface area contributed by atoms with Crippen molar-refractivity contribution in [2.24, 2.45) is 52.3 Å². The fraction of sp³-hybridized carbons (Fsp3) is 0.781. The summed E-state index contributed by atoms with van der Waals surface area (Å²) in [7, 11) is 0. The highest BCUT2D eigenvalue weighted by Gasteiger charge is 2.64. The molecule has 200 valence electrons. The zero-order chi connectivity index (χ0) is 25.8. The molecule has 0 spiro atoms. The van der Waals surface area contributed by atoms with E-state index in [9.17, 15) is 20.1 Å². The van der Waals surface area contributed by atoms with E-state index in [-0.39, 0.29) is 23.5 Å². The molecule has 4 heteroatoms. The molecule has 5 rings (SSSR count). The second kappa shape index (κ2) is 9.73. The van der Waals surface area contributed by atoms with E-state index < -0.39 is 5.97 Å². The van der Waals surface area contributed by atoms with Crippen molar-refractivity contribution in [3.63, 3.8) is 0 Å². The lowest BCUT2D eigenvalue weighted by Gasteiger charge is -2.64. The van der Waals surface area contributed by atoms with Gasteiger partial charge < -0.3 is 15.3 Å².